The lowest BCUT2D eigenvalue weighted by Crippen LogP contribution is -2.39. The summed E-state index contributed by atoms with van der Waals surface area (Å²) >= 11 is 5.96. The van der Waals surface area contributed by atoms with Gasteiger partial charge in [0.15, 0.2) is 6.29 Å². The number of piperidine rings is 1. The number of H-pyrrole nitrogens is 2. The van der Waals surface area contributed by atoms with Gasteiger partial charge in [-0.15, -0.1) is 0 Å². The molecule has 0 saturated carbocycles. The summed E-state index contributed by atoms with van der Waals surface area (Å²) in [6.45, 7) is 6.04. The van der Waals surface area contributed by atoms with Crippen LogP contribution in [0.25, 0.3) is 22.4 Å². The van der Waals surface area contributed by atoms with Gasteiger partial charge >= 0.3 is 0 Å². The number of aromatic nitrogens is 5. The molecule has 4 heterocycles. The molecule has 0 aliphatic carbocycles. The third kappa shape index (κ3) is 5.78. The summed E-state index contributed by atoms with van der Waals surface area (Å²) < 4.78 is 12.5. The van der Waals surface area contributed by atoms with Gasteiger partial charge in [-0.05, 0) is 62.0 Å². The zero-order valence-corrected chi connectivity index (χ0v) is 22.7. The van der Waals surface area contributed by atoms with Gasteiger partial charge in [0, 0.05) is 39.7 Å². The van der Waals surface area contributed by atoms with E-state index >= 15 is 0 Å². The average molecular weight is 540 g/mol. The first-order valence-corrected chi connectivity index (χ1v) is 13.2. The maximum absolute atomic E-state index is 12.9. The number of benzene rings is 1. The minimum Gasteiger partial charge on any atom is -0.382 e. The lowest BCUT2D eigenvalue weighted by Gasteiger charge is -2.33. The van der Waals surface area contributed by atoms with Crippen LogP contribution in [0.3, 0.4) is 0 Å². The summed E-state index contributed by atoms with van der Waals surface area (Å²) in [5, 5.41) is 8.14. The molecule has 3 aromatic heterocycles. The molecule has 3 N–H and O–H groups in total. The molecule has 0 spiro atoms. The van der Waals surface area contributed by atoms with Gasteiger partial charge in [-0.1, -0.05) is 17.7 Å². The first-order chi connectivity index (χ1) is 18.4. The zero-order chi connectivity index (χ0) is 26.6. The number of rotatable bonds is 10. The maximum Gasteiger partial charge on any atom is 0.261 e. The van der Waals surface area contributed by atoms with Crippen molar-refractivity contribution in [2.75, 3.05) is 45.7 Å². The van der Waals surface area contributed by atoms with Crippen molar-refractivity contribution in [3.8, 4) is 11.4 Å². The number of pyridine rings is 1. The van der Waals surface area contributed by atoms with E-state index in [0.29, 0.717) is 41.1 Å². The molecule has 0 radical (unpaired) electrons. The molecule has 38 heavy (non-hydrogen) atoms. The smallest absolute Gasteiger partial charge is 0.261 e. The predicted octanol–water partition coefficient (Wildman–Crippen LogP) is 3.99. The second kappa shape index (κ2) is 11.7. The quantitative estimate of drug-likeness (QED) is 0.261. The Morgan fingerprint density at radius 2 is 2.03 bits per heavy atom. The fourth-order valence-electron chi connectivity index (χ4n) is 5.20. The summed E-state index contributed by atoms with van der Waals surface area (Å²) in [5.41, 5.74) is 5.22. The Kier molecular flexibility index (Phi) is 8.13. The van der Waals surface area contributed by atoms with Gasteiger partial charge in [0.25, 0.3) is 5.56 Å². The van der Waals surface area contributed by atoms with Gasteiger partial charge < -0.3 is 24.8 Å². The zero-order valence-electron chi connectivity index (χ0n) is 22.0. The molecular formula is C27H34ClN7O3. The third-order valence-corrected chi connectivity index (χ3v) is 7.44. The van der Waals surface area contributed by atoms with Crippen LogP contribution in [0.15, 0.2) is 41.6 Å². The van der Waals surface area contributed by atoms with Crippen molar-refractivity contribution in [2.24, 2.45) is 0 Å². The number of hydrogen-bond acceptors (Lipinski definition) is 7. The van der Waals surface area contributed by atoms with Gasteiger partial charge in [-0.2, -0.15) is 5.10 Å². The van der Waals surface area contributed by atoms with Gasteiger partial charge in [0.05, 0.1) is 34.5 Å². The molecule has 1 fully saturated rings. The number of likely N-dealkylation sites (tertiary alicyclic amines) is 1. The second-order valence-electron chi connectivity index (χ2n) is 9.74. The van der Waals surface area contributed by atoms with Crippen molar-refractivity contribution in [3.05, 3.63) is 63.3 Å². The number of anilines is 1. The number of methoxy groups -OCH3 is 2. The molecule has 0 unspecified atom stereocenters. The van der Waals surface area contributed by atoms with E-state index in [1.54, 1.807) is 37.5 Å². The molecule has 0 amide bonds. The van der Waals surface area contributed by atoms with Crippen molar-refractivity contribution in [1.29, 1.82) is 0 Å². The standard InChI is InChI=1S/C27H34ClN7O3/c1-17-12-19(18-5-9-34(10-6-18)16-23(37-2)38-3)13-22-25(17)33-26(32-22)24-21(4-7-30-27(24)36)29-8-11-35-15-20(28)14-31-35/h4,7,12-15,18,23H,5-6,8-11,16H2,1-3H3,(H,32,33)(H2,29,30,36). The van der Waals surface area contributed by atoms with E-state index in [1.165, 1.54) is 5.56 Å². The molecular weight excluding hydrogens is 506 g/mol. The SMILES string of the molecule is COC(CN1CCC(c2cc(C)c3nc(-c4c(NCCn5cc(Cl)cn5)cc[nH]c4=O)[nH]c3c2)CC1)OC. The minimum absolute atomic E-state index is 0.196. The molecule has 1 aliphatic heterocycles. The van der Waals surface area contributed by atoms with E-state index in [2.05, 4.69) is 44.3 Å². The first kappa shape index (κ1) is 26.4. The van der Waals surface area contributed by atoms with E-state index in [4.69, 9.17) is 26.1 Å². The summed E-state index contributed by atoms with van der Waals surface area (Å²) in [5.74, 6) is 1.02. The second-order valence-corrected chi connectivity index (χ2v) is 10.2. The van der Waals surface area contributed by atoms with E-state index in [0.717, 1.165) is 49.1 Å². The van der Waals surface area contributed by atoms with Crippen molar-refractivity contribution >= 4 is 28.3 Å². The summed E-state index contributed by atoms with van der Waals surface area (Å²) in [7, 11) is 3.36. The summed E-state index contributed by atoms with van der Waals surface area (Å²) in [6, 6.07) is 6.28. The molecule has 0 atom stereocenters. The third-order valence-electron chi connectivity index (χ3n) is 7.25. The lowest BCUT2D eigenvalue weighted by atomic mass is 9.88. The topological polar surface area (TPSA) is 113 Å². The van der Waals surface area contributed by atoms with Gasteiger partial charge in [-0.3, -0.25) is 14.4 Å². The number of nitrogens with one attached hydrogen (secondary N) is 3. The molecule has 1 aromatic carbocycles. The van der Waals surface area contributed by atoms with Crippen molar-refractivity contribution in [3.63, 3.8) is 0 Å². The number of aryl methyl sites for hydroxylation is 1. The highest BCUT2D eigenvalue weighted by Crippen LogP contribution is 2.33. The van der Waals surface area contributed by atoms with Gasteiger partial charge in [0.1, 0.15) is 11.4 Å². The normalized spacial score (nSPS) is 15.1. The van der Waals surface area contributed by atoms with Crippen molar-refractivity contribution in [1.82, 2.24) is 29.6 Å². The van der Waals surface area contributed by atoms with E-state index in [1.807, 2.05) is 6.07 Å². The Balaban J connectivity index is 1.34. The fourth-order valence-corrected chi connectivity index (χ4v) is 5.36. The molecule has 0 bridgehead atoms. The predicted molar refractivity (Wildman–Crippen MR) is 149 cm³/mol. The van der Waals surface area contributed by atoms with Gasteiger partial charge in [0.2, 0.25) is 0 Å². The van der Waals surface area contributed by atoms with Crippen LogP contribution < -0.4 is 10.9 Å². The van der Waals surface area contributed by atoms with Crippen molar-refractivity contribution in [2.45, 2.75) is 38.5 Å². The van der Waals surface area contributed by atoms with Gasteiger partial charge in [-0.25, -0.2) is 4.98 Å². The van der Waals surface area contributed by atoms with E-state index < -0.39 is 0 Å². The Hall–Kier alpha value is -3.18. The van der Waals surface area contributed by atoms with Crippen LogP contribution in [0.1, 0.15) is 29.9 Å². The Morgan fingerprint density at radius 1 is 1.24 bits per heavy atom. The minimum atomic E-state index is -0.202. The number of imidazole rings is 1. The molecule has 4 aromatic rings. The molecule has 1 saturated heterocycles. The number of nitrogens with zero attached hydrogens (tertiary/aromatic N) is 4. The summed E-state index contributed by atoms with van der Waals surface area (Å²) in [6.07, 6.45) is 6.95. The first-order valence-electron chi connectivity index (χ1n) is 12.9. The van der Waals surface area contributed by atoms with Crippen LogP contribution in [-0.2, 0) is 16.0 Å². The monoisotopic (exact) mass is 539 g/mol. The molecule has 10 nitrogen and oxygen atoms in total. The van der Waals surface area contributed by atoms with E-state index in [9.17, 15) is 4.79 Å². The number of halogens is 1. The van der Waals surface area contributed by atoms with E-state index in [-0.39, 0.29) is 11.8 Å². The Bertz CT molecular complexity index is 1430. The largest absolute Gasteiger partial charge is 0.382 e. The summed E-state index contributed by atoms with van der Waals surface area (Å²) in [4.78, 5) is 26.3. The number of fused-ring (bicyclic) bond motifs is 1. The lowest BCUT2D eigenvalue weighted by molar-refractivity contribution is -0.118. The van der Waals surface area contributed by atoms with Crippen LogP contribution in [-0.4, -0.2) is 76.3 Å². The molecule has 202 valence electrons. The number of hydrogen-bond donors (Lipinski definition) is 3. The number of aromatic amines is 2. The fraction of sp³-hybridized carbons (Fsp3) is 0.444. The molecule has 11 heteroatoms. The van der Waals surface area contributed by atoms with Crippen LogP contribution in [0.4, 0.5) is 5.69 Å². The highest BCUT2D eigenvalue weighted by atomic mass is 35.5. The highest BCUT2D eigenvalue weighted by Gasteiger charge is 2.24. The number of ether oxygens (including phenoxy) is 2. The molecule has 5 rings (SSSR count). The van der Waals surface area contributed by atoms with Crippen molar-refractivity contribution < 1.29 is 9.47 Å². The van der Waals surface area contributed by atoms with Crippen LogP contribution in [0, 0.1) is 6.92 Å². The molecule has 1 aliphatic rings. The Morgan fingerprint density at radius 3 is 2.74 bits per heavy atom. The van der Waals surface area contributed by atoms with Crippen LogP contribution in [0.5, 0.6) is 0 Å². The Labute approximate surface area is 226 Å². The average Bonchev–Trinajstić information content (AvgIpc) is 3.54. The maximum atomic E-state index is 12.9. The van der Waals surface area contributed by atoms with Crippen LogP contribution >= 0.6 is 11.6 Å². The van der Waals surface area contributed by atoms with Crippen LogP contribution in [0.2, 0.25) is 5.02 Å². The highest BCUT2D eigenvalue weighted by molar-refractivity contribution is 6.30.